The van der Waals surface area contributed by atoms with E-state index in [9.17, 15) is 4.79 Å². The predicted molar refractivity (Wildman–Crippen MR) is 152 cm³/mol. The maximum absolute atomic E-state index is 12.0. The maximum Gasteiger partial charge on any atom is 0.407 e. The third-order valence-electron chi connectivity index (χ3n) is 7.10. The fourth-order valence-electron chi connectivity index (χ4n) is 5.22. The summed E-state index contributed by atoms with van der Waals surface area (Å²) in [6.07, 6.45) is 4.35. The van der Waals surface area contributed by atoms with E-state index in [1.54, 1.807) is 0 Å². The van der Waals surface area contributed by atoms with Crippen LogP contribution in [-0.2, 0) is 17.8 Å². The van der Waals surface area contributed by atoms with Crippen LogP contribution in [0, 0.1) is 0 Å². The molecule has 1 fully saturated rings. The molecule has 1 aliphatic rings. The number of nitrogens with one attached hydrogen (secondary N) is 2. The molecule has 0 radical (unpaired) electrons. The van der Waals surface area contributed by atoms with Crippen LogP contribution < -0.4 is 16.4 Å². The zero-order chi connectivity index (χ0) is 26.5. The zero-order valence-corrected chi connectivity index (χ0v) is 22.0. The van der Waals surface area contributed by atoms with E-state index in [-0.39, 0.29) is 0 Å². The van der Waals surface area contributed by atoms with Crippen molar-refractivity contribution < 1.29 is 9.53 Å². The van der Waals surface area contributed by atoms with Gasteiger partial charge in [-0.25, -0.2) is 14.8 Å². The zero-order valence-electron chi connectivity index (χ0n) is 22.0. The van der Waals surface area contributed by atoms with E-state index in [4.69, 9.17) is 15.5 Å². The number of benzene rings is 2. The molecular formula is C30H36N6O2. The summed E-state index contributed by atoms with van der Waals surface area (Å²) in [5.74, 6) is 2.02. The van der Waals surface area contributed by atoms with Gasteiger partial charge in [-0.1, -0.05) is 67.5 Å². The van der Waals surface area contributed by atoms with Crippen molar-refractivity contribution in [2.24, 2.45) is 0 Å². The Morgan fingerprint density at radius 1 is 1.11 bits per heavy atom. The van der Waals surface area contributed by atoms with E-state index in [1.807, 2.05) is 37.3 Å². The van der Waals surface area contributed by atoms with Crippen molar-refractivity contribution in [1.29, 1.82) is 0 Å². The van der Waals surface area contributed by atoms with Crippen LogP contribution in [0.5, 0.6) is 0 Å². The van der Waals surface area contributed by atoms with Gasteiger partial charge in [-0.05, 0) is 37.0 Å². The number of rotatable bonds is 10. The van der Waals surface area contributed by atoms with Gasteiger partial charge in [0.2, 0.25) is 0 Å². The molecule has 0 saturated heterocycles. The van der Waals surface area contributed by atoms with E-state index < -0.39 is 6.09 Å². The molecule has 1 saturated carbocycles. The van der Waals surface area contributed by atoms with Gasteiger partial charge in [0, 0.05) is 37.5 Å². The summed E-state index contributed by atoms with van der Waals surface area (Å²) in [6.45, 7) is 8.52. The molecule has 2 aromatic carbocycles. The molecule has 38 heavy (non-hydrogen) atoms. The molecule has 1 amide bonds. The van der Waals surface area contributed by atoms with Gasteiger partial charge in [0.25, 0.3) is 0 Å². The molecule has 5 rings (SSSR count). The summed E-state index contributed by atoms with van der Waals surface area (Å²) >= 11 is 0. The van der Waals surface area contributed by atoms with Gasteiger partial charge in [0.15, 0.2) is 5.82 Å². The first-order valence-corrected chi connectivity index (χ1v) is 13.4. The summed E-state index contributed by atoms with van der Waals surface area (Å²) in [5.41, 5.74) is 12.3. The van der Waals surface area contributed by atoms with E-state index >= 15 is 0 Å². The Kier molecular flexibility index (Phi) is 7.89. The third kappa shape index (κ3) is 5.81. The lowest BCUT2D eigenvalue weighted by molar-refractivity contribution is 0.146. The van der Waals surface area contributed by atoms with Gasteiger partial charge < -0.3 is 25.7 Å². The smallest absolute Gasteiger partial charge is 0.407 e. The number of hydrogen-bond donors (Lipinski definition) is 3. The first kappa shape index (κ1) is 25.7. The first-order valence-electron chi connectivity index (χ1n) is 13.4. The van der Waals surface area contributed by atoms with Crippen LogP contribution >= 0.6 is 0 Å². The predicted octanol–water partition coefficient (Wildman–Crippen LogP) is 5.26. The number of imidazole rings is 1. The number of anilines is 1. The van der Waals surface area contributed by atoms with Crippen LogP contribution in [0.25, 0.3) is 21.9 Å². The second kappa shape index (κ2) is 11.6. The van der Waals surface area contributed by atoms with Gasteiger partial charge >= 0.3 is 6.09 Å². The minimum atomic E-state index is -0.421. The minimum Gasteiger partial charge on any atom is -0.448 e. The van der Waals surface area contributed by atoms with Crippen molar-refractivity contribution in [2.45, 2.75) is 51.6 Å². The highest BCUT2D eigenvalue weighted by Gasteiger charge is 2.26. The Balaban J connectivity index is 1.30. The first-order chi connectivity index (χ1) is 18.5. The number of amides is 1. The number of fused-ring (bicyclic) bond motifs is 3. The minimum absolute atomic E-state index is 0.314. The molecule has 0 spiro atoms. The van der Waals surface area contributed by atoms with Crippen molar-refractivity contribution >= 4 is 33.8 Å². The molecule has 8 heteroatoms. The lowest BCUT2D eigenvalue weighted by Gasteiger charge is -2.15. The summed E-state index contributed by atoms with van der Waals surface area (Å²) in [6, 6.07) is 16.5. The Hall–Kier alpha value is -3.91. The van der Waals surface area contributed by atoms with Crippen LogP contribution in [0.3, 0.4) is 0 Å². The third-order valence-corrected chi connectivity index (χ3v) is 7.10. The second-order valence-corrected chi connectivity index (χ2v) is 10.2. The highest BCUT2D eigenvalue weighted by molar-refractivity contribution is 6.06. The highest BCUT2D eigenvalue weighted by Crippen LogP contribution is 2.38. The number of ether oxygens (including phenoxy) is 1. The van der Waals surface area contributed by atoms with Crippen molar-refractivity contribution in [2.75, 3.05) is 25.4 Å². The summed E-state index contributed by atoms with van der Waals surface area (Å²) in [7, 11) is 0. The van der Waals surface area contributed by atoms with Crippen molar-refractivity contribution in [3.63, 3.8) is 0 Å². The molecule has 2 heterocycles. The van der Waals surface area contributed by atoms with Crippen LogP contribution in [0.2, 0.25) is 0 Å². The lowest BCUT2D eigenvalue weighted by atomic mass is 10.1. The lowest BCUT2D eigenvalue weighted by Crippen LogP contribution is -2.28. The quantitative estimate of drug-likeness (QED) is 0.198. The molecular weight excluding hydrogens is 476 g/mol. The van der Waals surface area contributed by atoms with Gasteiger partial charge in [0.05, 0.1) is 11.0 Å². The average Bonchev–Trinajstić information content (AvgIpc) is 3.57. The average molecular weight is 513 g/mol. The van der Waals surface area contributed by atoms with E-state index in [0.29, 0.717) is 38.0 Å². The molecule has 2 aromatic heterocycles. The number of alkyl carbamates (subject to hydrolysis) is 1. The topological polar surface area (TPSA) is 107 Å². The number of hydrogen-bond acceptors (Lipinski definition) is 6. The molecule has 0 aliphatic heterocycles. The number of carbonyl (C=O) groups excluding carboxylic acids is 1. The summed E-state index contributed by atoms with van der Waals surface area (Å²) < 4.78 is 7.56. The SMILES string of the molecule is C=C(C)CNCCOC(=O)NCc1ccc(Cn2c(C3CCCC3)nc3c(N)nc4ccccc4c32)cc1. The number of pyridine rings is 1. The molecule has 0 atom stereocenters. The monoisotopic (exact) mass is 512 g/mol. The molecule has 1 aliphatic carbocycles. The molecule has 4 N–H and O–H groups in total. The van der Waals surface area contributed by atoms with Gasteiger partial charge in [-0.3, -0.25) is 0 Å². The fourth-order valence-corrected chi connectivity index (χ4v) is 5.22. The highest BCUT2D eigenvalue weighted by atomic mass is 16.5. The molecule has 4 aromatic rings. The Labute approximate surface area is 223 Å². The molecule has 0 unspecified atom stereocenters. The van der Waals surface area contributed by atoms with Crippen molar-refractivity contribution in [1.82, 2.24) is 25.2 Å². The summed E-state index contributed by atoms with van der Waals surface area (Å²) in [5, 5.41) is 7.05. The van der Waals surface area contributed by atoms with E-state index in [2.05, 4.69) is 45.0 Å². The van der Waals surface area contributed by atoms with Crippen LogP contribution in [-0.4, -0.2) is 40.3 Å². The van der Waals surface area contributed by atoms with Crippen LogP contribution in [0.4, 0.5) is 10.6 Å². The molecule has 0 bridgehead atoms. The Morgan fingerprint density at radius 2 is 1.84 bits per heavy atom. The largest absolute Gasteiger partial charge is 0.448 e. The van der Waals surface area contributed by atoms with Crippen molar-refractivity contribution in [3.8, 4) is 0 Å². The molecule has 8 nitrogen and oxygen atoms in total. The van der Waals surface area contributed by atoms with Crippen LogP contribution in [0.15, 0.2) is 60.7 Å². The van der Waals surface area contributed by atoms with Crippen LogP contribution in [0.1, 0.15) is 55.5 Å². The van der Waals surface area contributed by atoms with Gasteiger partial charge in [0.1, 0.15) is 17.9 Å². The number of para-hydroxylation sites is 1. The number of aromatic nitrogens is 3. The normalized spacial score (nSPS) is 13.8. The van der Waals surface area contributed by atoms with Crippen molar-refractivity contribution in [3.05, 3.63) is 77.6 Å². The Bertz CT molecular complexity index is 1440. The van der Waals surface area contributed by atoms with E-state index in [1.165, 1.54) is 12.8 Å². The number of carbonyl (C=O) groups is 1. The summed E-state index contributed by atoms with van der Waals surface area (Å²) in [4.78, 5) is 21.7. The number of nitrogens with zero attached hydrogens (tertiary/aromatic N) is 3. The standard InChI is InChI=1S/C30H36N6O2/c1-20(2)17-32-15-16-38-30(37)33-18-21-11-13-22(14-12-21)19-36-27-24-9-5-6-10-25(24)34-28(31)26(27)35-29(36)23-7-3-4-8-23/h5-6,9-14,23,32H,1,3-4,7-8,15-19H2,2H3,(H2,31,34)(H,33,37). The Morgan fingerprint density at radius 3 is 2.61 bits per heavy atom. The fraction of sp³-hybridized carbons (Fsp3) is 0.367. The number of nitrogen functional groups attached to an aromatic ring is 1. The number of nitrogens with two attached hydrogens (primary N) is 1. The molecule has 198 valence electrons. The second-order valence-electron chi connectivity index (χ2n) is 10.2. The van der Waals surface area contributed by atoms with Gasteiger partial charge in [-0.2, -0.15) is 0 Å². The van der Waals surface area contributed by atoms with E-state index in [0.717, 1.165) is 63.8 Å². The maximum atomic E-state index is 12.0. The van der Waals surface area contributed by atoms with Gasteiger partial charge in [-0.15, -0.1) is 0 Å².